The fourth-order valence-electron chi connectivity index (χ4n) is 3.58. The summed E-state index contributed by atoms with van der Waals surface area (Å²) in [4.78, 5) is 16.6. The third-order valence-electron chi connectivity index (χ3n) is 4.90. The normalized spacial score (nSPS) is 14.8. The fourth-order valence-corrected chi connectivity index (χ4v) is 4.00. The van der Waals surface area contributed by atoms with E-state index in [1.165, 1.54) is 0 Å². The lowest BCUT2D eigenvalue weighted by Gasteiger charge is -2.38. The molecule has 3 aromatic rings. The van der Waals surface area contributed by atoms with Crippen LogP contribution < -0.4 is 15.4 Å². The minimum atomic E-state index is -0.494. The molecule has 0 atom stereocenters. The molecule has 0 bridgehead atoms. The number of halogens is 2. The first kappa shape index (κ1) is 18.2. The number of hydrogen-bond donors (Lipinski definition) is 1. The molecule has 140 valence electrons. The van der Waals surface area contributed by atoms with E-state index < -0.39 is 5.63 Å². The van der Waals surface area contributed by atoms with Gasteiger partial charge < -0.3 is 19.3 Å². The average molecular weight is 405 g/mol. The van der Waals surface area contributed by atoms with Crippen LogP contribution in [0.25, 0.3) is 11.0 Å². The SMILES string of the molecule is O=c1oc2ccccc2c(N2CCN(c3cccc(Cl)c3Cl)CC2)c1CO. The lowest BCUT2D eigenvalue weighted by Crippen LogP contribution is -2.47. The van der Waals surface area contributed by atoms with E-state index in [2.05, 4.69) is 9.80 Å². The van der Waals surface area contributed by atoms with E-state index in [9.17, 15) is 9.90 Å². The third-order valence-corrected chi connectivity index (χ3v) is 5.71. The average Bonchev–Trinajstić information content (AvgIpc) is 2.69. The molecule has 2 aromatic carbocycles. The zero-order valence-corrected chi connectivity index (χ0v) is 16.0. The number of para-hydroxylation sites is 1. The molecule has 7 heteroatoms. The number of anilines is 2. The van der Waals surface area contributed by atoms with Crippen molar-refractivity contribution in [1.82, 2.24) is 0 Å². The number of piperazine rings is 1. The summed E-state index contributed by atoms with van der Waals surface area (Å²) < 4.78 is 5.35. The largest absolute Gasteiger partial charge is 0.422 e. The van der Waals surface area contributed by atoms with Gasteiger partial charge in [0.05, 0.1) is 33.6 Å². The minimum absolute atomic E-state index is 0.294. The van der Waals surface area contributed by atoms with E-state index in [0.717, 1.165) is 29.9 Å². The van der Waals surface area contributed by atoms with Crippen LogP contribution in [0.3, 0.4) is 0 Å². The van der Waals surface area contributed by atoms with E-state index in [4.69, 9.17) is 27.6 Å². The van der Waals surface area contributed by atoms with Crippen molar-refractivity contribution < 1.29 is 9.52 Å². The Bertz CT molecular complexity index is 1040. The first-order valence-corrected chi connectivity index (χ1v) is 9.45. The van der Waals surface area contributed by atoms with Crippen LogP contribution in [0, 0.1) is 0 Å². The maximum absolute atomic E-state index is 12.3. The molecule has 0 spiro atoms. The number of fused-ring (bicyclic) bond motifs is 1. The van der Waals surface area contributed by atoms with Crippen molar-refractivity contribution in [3.8, 4) is 0 Å². The van der Waals surface area contributed by atoms with E-state index in [-0.39, 0.29) is 6.61 Å². The Balaban J connectivity index is 1.67. The van der Waals surface area contributed by atoms with Crippen LogP contribution in [0.5, 0.6) is 0 Å². The molecular formula is C20H18Cl2N2O3. The van der Waals surface area contributed by atoms with Crippen LogP contribution in [0.15, 0.2) is 51.7 Å². The van der Waals surface area contributed by atoms with Gasteiger partial charge in [-0.3, -0.25) is 0 Å². The van der Waals surface area contributed by atoms with Crippen LogP contribution in [0.1, 0.15) is 5.56 Å². The van der Waals surface area contributed by atoms with Crippen molar-refractivity contribution in [2.75, 3.05) is 36.0 Å². The van der Waals surface area contributed by atoms with Gasteiger partial charge in [-0.1, -0.05) is 41.4 Å². The molecule has 1 N–H and O–H groups in total. The highest BCUT2D eigenvalue weighted by Gasteiger charge is 2.24. The molecule has 0 aliphatic carbocycles. The van der Waals surface area contributed by atoms with Crippen molar-refractivity contribution in [2.45, 2.75) is 6.61 Å². The second-order valence-electron chi connectivity index (χ2n) is 6.42. The van der Waals surface area contributed by atoms with Crippen LogP contribution in [0.2, 0.25) is 10.0 Å². The lowest BCUT2D eigenvalue weighted by atomic mass is 10.1. The fraction of sp³-hybridized carbons (Fsp3) is 0.250. The van der Waals surface area contributed by atoms with E-state index in [1.54, 1.807) is 12.1 Å². The smallest absolute Gasteiger partial charge is 0.343 e. The zero-order chi connectivity index (χ0) is 19.0. The van der Waals surface area contributed by atoms with Crippen molar-refractivity contribution in [3.63, 3.8) is 0 Å². The van der Waals surface area contributed by atoms with Gasteiger partial charge in [0, 0.05) is 31.6 Å². The third kappa shape index (κ3) is 3.27. The van der Waals surface area contributed by atoms with Gasteiger partial charge in [0.15, 0.2) is 0 Å². The van der Waals surface area contributed by atoms with E-state index >= 15 is 0 Å². The van der Waals surface area contributed by atoms with Gasteiger partial charge in [0.25, 0.3) is 0 Å². The van der Waals surface area contributed by atoms with Crippen LogP contribution in [-0.4, -0.2) is 31.3 Å². The number of benzene rings is 2. The first-order valence-electron chi connectivity index (χ1n) is 8.69. The summed E-state index contributed by atoms with van der Waals surface area (Å²) in [6.07, 6.45) is 0. The van der Waals surface area contributed by atoms with Crippen molar-refractivity contribution in [2.24, 2.45) is 0 Å². The molecule has 1 aliphatic heterocycles. The quantitative estimate of drug-likeness (QED) is 0.670. The summed E-state index contributed by atoms with van der Waals surface area (Å²) in [6.45, 7) is 2.45. The number of aliphatic hydroxyl groups is 1. The van der Waals surface area contributed by atoms with E-state index in [0.29, 0.717) is 34.3 Å². The molecule has 1 aromatic heterocycles. The highest BCUT2D eigenvalue weighted by Crippen LogP contribution is 2.34. The Morgan fingerprint density at radius 2 is 1.67 bits per heavy atom. The standard InChI is InChI=1S/C20H18Cl2N2O3/c21-15-5-3-6-16(18(15)22)23-8-10-24(11-9-23)19-13-4-1-2-7-17(13)27-20(26)14(19)12-25/h1-7,25H,8-12H2. The lowest BCUT2D eigenvalue weighted by molar-refractivity contribution is 0.276. The molecule has 4 rings (SSSR count). The highest BCUT2D eigenvalue weighted by molar-refractivity contribution is 6.43. The summed E-state index contributed by atoms with van der Waals surface area (Å²) in [7, 11) is 0. The van der Waals surface area contributed by atoms with Crippen molar-refractivity contribution >= 4 is 45.5 Å². The molecule has 0 saturated carbocycles. The summed E-state index contributed by atoms with van der Waals surface area (Å²) in [5, 5.41) is 11.7. The predicted octanol–water partition coefficient (Wildman–Crippen LogP) is 3.92. The Kier molecular flexibility index (Phi) is 5.00. The number of nitrogens with zero attached hydrogens (tertiary/aromatic N) is 2. The summed E-state index contributed by atoms with van der Waals surface area (Å²) in [5.41, 5.74) is 1.98. The molecule has 0 radical (unpaired) electrons. The molecule has 0 amide bonds. The zero-order valence-electron chi connectivity index (χ0n) is 14.5. The van der Waals surface area contributed by atoms with Crippen LogP contribution >= 0.6 is 23.2 Å². The summed E-state index contributed by atoms with van der Waals surface area (Å²) >= 11 is 12.5. The van der Waals surface area contributed by atoms with Crippen LogP contribution in [0.4, 0.5) is 11.4 Å². The molecule has 1 fully saturated rings. The Hall–Kier alpha value is -2.21. The molecule has 27 heavy (non-hydrogen) atoms. The summed E-state index contributed by atoms with van der Waals surface area (Å²) in [5.74, 6) is 0. The van der Waals surface area contributed by atoms with Gasteiger partial charge in [0.2, 0.25) is 0 Å². The molecule has 5 nitrogen and oxygen atoms in total. The van der Waals surface area contributed by atoms with Gasteiger partial charge in [-0.15, -0.1) is 0 Å². The van der Waals surface area contributed by atoms with Gasteiger partial charge in [0.1, 0.15) is 5.58 Å². The molecular weight excluding hydrogens is 387 g/mol. The van der Waals surface area contributed by atoms with E-state index in [1.807, 2.05) is 30.3 Å². The van der Waals surface area contributed by atoms with Crippen molar-refractivity contribution in [3.05, 3.63) is 68.5 Å². The molecule has 1 saturated heterocycles. The van der Waals surface area contributed by atoms with Gasteiger partial charge >= 0.3 is 5.63 Å². The number of aliphatic hydroxyl groups excluding tert-OH is 1. The first-order chi connectivity index (χ1) is 13.1. The maximum Gasteiger partial charge on any atom is 0.343 e. The Morgan fingerprint density at radius 3 is 2.41 bits per heavy atom. The molecule has 2 heterocycles. The molecule has 1 aliphatic rings. The minimum Gasteiger partial charge on any atom is -0.422 e. The Labute approximate surface area is 166 Å². The predicted molar refractivity (Wildman–Crippen MR) is 109 cm³/mol. The molecule has 0 unspecified atom stereocenters. The monoisotopic (exact) mass is 404 g/mol. The van der Waals surface area contributed by atoms with Gasteiger partial charge in [-0.05, 0) is 24.3 Å². The summed E-state index contributed by atoms with van der Waals surface area (Å²) in [6, 6.07) is 13.0. The van der Waals surface area contributed by atoms with Gasteiger partial charge in [-0.25, -0.2) is 4.79 Å². The van der Waals surface area contributed by atoms with Crippen LogP contribution in [-0.2, 0) is 6.61 Å². The second kappa shape index (κ2) is 7.43. The number of hydrogen-bond acceptors (Lipinski definition) is 5. The highest BCUT2D eigenvalue weighted by atomic mass is 35.5. The number of rotatable bonds is 3. The van der Waals surface area contributed by atoms with Crippen molar-refractivity contribution in [1.29, 1.82) is 0 Å². The second-order valence-corrected chi connectivity index (χ2v) is 7.20. The topological polar surface area (TPSA) is 56.9 Å². The Morgan fingerprint density at radius 1 is 0.963 bits per heavy atom. The van der Waals surface area contributed by atoms with Gasteiger partial charge in [-0.2, -0.15) is 0 Å². The maximum atomic E-state index is 12.3.